The van der Waals surface area contributed by atoms with Gasteiger partial charge in [0.15, 0.2) is 0 Å². The van der Waals surface area contributed by atoms with E-state index in [0.717, 1.165) is 30.4 Å². The molecular weight excluding hydrogens is 304 g/mol. The summed E-state index contributed by atoms with van der Waals surface area (Å²) in [5, 5.41) is 0. The first kappa shape index (κ1) is 12.8. The quantitative estimate of drug-likeness (QED) is 0.786. The molecule has 1 aromatic heterocycles. The number of carbonyl (C=O) groups excluding carboxylic acids is 1. The van der Waals surface area contributed by atoms with Crippen molar-refractivity contribution in [2.24, 2.45) is 5.92 Å². The highest BCUT2D eigenvalue weighted by Crippen LogP contribution is 2.21. The Morgan fingerprint density at radius 3 is 2.82 bits per heavy atom. The number of aromatic nitrogens is 1. The van der Waals surface area contributed by atoms with Crippen molar-refractivity contribution < 1.29 is 4.79 Å². The zero-order valence-electron chi connectivity index (χ0n) is 9.40. The average Bonchev–Trinajstić information content (AvgIpc) is 2.39. The van der Waals surface area contributed by atoms with E-state index in [1.807, 2.05) is 11.0 Å². The molecule has 0 N–H and O–H groups in total. The molecule has 1 fully saturated rings. The Bertz CT molecular complexity index is 405. The molecule has 0 radical (unpaired) electrons. The summed E-state index contributed by atoms with van der Waals surface area (Å²) < 4.78 is 0.754. The molecule has 0 saturated carbocycles. The van der Waals surface area contributed by atoms with Crippen LogP contribution in [0.25, 0.3) is 0 Å². The Labute approximate surface area is 114 Å². The molecule has 2 rings (SSSR count). The maximum absolute atomic E-state index is 12.2. The molecule has 3 nitrogen and oxygen atoms in total. The third kappa shape index (κ3) is 2.99. The van der Waals surface area contributed by atoms with Gasteiger partial charge in [0.1, 0.15) is 5.69 Å². The minimum atomic E-state index is 0.00509. The first-order valence-electron chi connectivity index (χ1n) is 5.68. The van der Waals surface area contributed by atoms with E-state index in [9.17, 15) is 4.79 Å². The van der Waals surface area contributed by atoms with Gasteiger partial charge in [-0.3, -0.25) is 4.79 Å². The standard InChI is InChI=1S/C12H14BrClN2O/c13-10-2-1-5-15-11(10)12(17)16-6-3-9(8-14)4-7-16/h1-2,5,9H,3-4,6-8H2. The number of carbonyl (C=O) groups is 1. The summed E-state index contributed by atoms with van der Waals surface area (Å²) in [5.41, 5.74) is 0.497. The molecule has 1 aliphatic heterocycles. The molecule has 0 spiro atoms. The number of halogens is 2. The smallest absolute Gasteiger partial charge is 0.273 e. The fourth-order valence-electron chi connectivity index (χ4n) is 1.98. The molecule has 17 heavy (non-hydrogen) atoms. The van der Waals surface area contributed by atoms with Gasteiger partial charge in [-0.15, -0.1) is 11.6 Å². The SMILES string of the molecule is O=C(c1ncccc1Br)N1CCC(CCl)CC1. The van der Waals surface area contributed by atoms with Crippen LogP contribution in [-0.4, -0.2) is 34.8 Å². The highest BCUT2D eigenvalue weighted by Gasteiger charge is 2.24. The van der Waals surface area contributed by atoms with Gasteiger partial charge in [-0.25, -0.2) is 4.98 Å². The van der Waals surface area contributed by atoms with Gasteiger partial charge in [0.2, 0.25) is 0 Å². The first-order chi connectivity index (χ1) is 8.22. The van der Waals surface area contributed by atoms with Crippen molar-refractivity contribution in [1.82, 2.24) is 9.88 Å². The summed E-state index contributed by atoms with van der Waals surface area (Å²) in [7, 11) is 0. The van der Waals surface area contributed by atoms with Crippen LogP contribution in [0.1, 0.15) is 23.3 Å². The van der Waals surface area contributed by atoms with Crippen LogP contribution < -0.4 is 0 Å². The predicted molar refractivity (Wildman–Crippen MR) is 71.3 cm³/mol. The minimum absolute atomic E-state index is 0.00509. The molecule has 5 heteroatoms. The van der Waals surface area contributed by atoms with Gasteiger partial charge in [0.05, 0.1) is 0 Å². The molecule has 0 aromatic carbocycles. The summed E-state index contributed by atoms with van der Waals surface area (Å²) in [5.74, 6) is 1.24. The lowest BCUT2D eigenvalue weighted by Gasteiger charge is -2.31. The van der Waals surface area contributed by atoms with Crippen LogP contribution in [0.15, 0.2) is 22.8 Å². The normalized spacial score (nSPS) is 17.2. The second-order valence-corrected chi connectivity index (χ2v) is 5.39. The van der Waals surface area contributed by atoms with Crippen molar-refractivity contribution in [2.45, 2.75) is 12.8 Å². The maximum atomic E-state index is 12.2. The summed E-state index contributed by atoms with van der Waals surface area (Å²) in [6, 6.07) is 3.65. The molecule has 1 amide bonds. The van der Waals surface area contributed by atoms with Gasteiger partial charge >= 0.3 is 0 Å². The second kappa shape index (κ2) is 5.83. The number of pyridine rings is 1. The van der Waals surface area contributed by atoms with Crippen LogP contribution in [0.4, 0.5) is 0 Å². The Morgan fingerprint density at radius 1 is 1.53 bits per heavy atom. The summed E-state index contributed by atoms with van der Waals surface area (Å²) >= 11 is 9.18. The van der Waals surface area contributed by atoms with E-state index in [4.69, 9.17) is 11.6 Å². The zero-order valence-corrected chi connectivity index (χ0v) is 11.7. The van der Waals surface area contributed by atoms with E-state index in [2.05, 4.69) is 20.9 Å². The van der Waals surface area contributed by atoms with E-state index >= 15 is 0 Å². The Balaban J connectivity index is 2.04. The van der Waals surface area contributed by atoms with Gasteiger partial charge in [-0.2, -0.15) is 0 Å². The summed E-state index contributed by atoms with van der Waals surface area (Å²) in [4.78, 5) is 18.2. The molecule has 1 aromatic rings. The highest BCUT2D eigenvalue weighted by molar-refractivity contribution is 9.10. The van der Waals surface area contributed by atoms with Gasteiger partial charge < -0.3 is 4.90 Å². The summed E-state index contributed by atoms with van der Waals surface area (Å²) in [6.07, 6.45) is 3.61. The zero-order chi connectivity index (χ0) is 12.3. The van der Waals surface area contributed by atoms with Crippen molar-refractivity contribution in [2.75, 3.05) is 19.0 Å². The predicted octanol–water partition coefficient (Wildman–Crippen LogP) is 2.94. The molecule has 0 atom stereocenters. The second-order valence-electron chi connectivity index (χ2n) is 4.22. The van der Waals surface area contributed by atoms with Gasteiger partial charge in [0, 0.05) is 29.6 Å². The number of nitrogens with zero attached hydrogens (tertiary/aromatic N) is 2. The summed E-state index contributed by atoms with van der Waals surface area (Å²) in [6.45, 7) is 1.55. The number of likely N-dealkylation sites (tertiary alicyclic amines) is 1. The number of alkyl halides is 1. The van der Waals surface area contributed by atoms with Gasteiger partial charge in [-0.05, 0) is 46.8 Å². The maximum Gasteiger partial charge on any atom is 0.273 e. The van der Waals surface area contributed by atoms with Crippen molar-refractivity contribution in [1.29, 1.82) is 0 Å². The van der Waals surface area contributed by atoms with E-state index in [-0.39, 0.29) is 5.91 Å². The molecule has 92 valence electrons. The van der Waals surface area contributed by atoms with Crippen molar-refractivity contribution in [3.8, 4) is 0 Å². The largest absolute Gasteiger partial charge is 0.337 e. The molecule has 0 bridgehead atoms. The molecule has 0 aliphatic carbocycles. The van der Waals surface area contributed by atoms with Crippen LogP contribution in [0.3, 0.4) is 0 Å². The number of piperidine rings is 1. The first-order valence-corrected chi connectivity index (χ1v) is 7.01. The highest BCUT2D eigenvalue weighted by atomic mass is 79.9. The Kier molecular flexibility index (Phi) is 4.40. The van der Waals surface area contributed by atoms with Crippen LogP contribution in [-0.2, 0) is 0 Å². The fraction of sp³-hybridized carbons (Fsp3) is 0.500. The lowest BCUT2D eigenvalue weighted by molar-refractivity contribution is 0.0691. The third-order valence-corrected chi connectivity index (χ3v) is 4.16. The van der Waals surface area contributed by atoms with Crippen LogP contribution in [0, 0.1) is 5.92 Å². The van der Waals surface area contributed by atoms with Crippen LogP contribution in [0.2, 0.25) is 0 Å². The van der Waals surface area contributed by atoms with E-state index in [1.165, 1.54) is 0 Å². The molecule has 2 heterocycles. The third-order valence-electron chi connectivity index (χ3n) is 3.08. The Morgan fingerprint density at radius 2 is 2.24 bits per heavy atom. The fourth-order valence-corrected chi connectivity index (χ4v) is 2.72. The van der Waals surface area contributed by atoms with Crippen LogP contribution >= 0.6 is 27.5 Å². The van der Waals surface area contributed by atoms with Crippen molar-refractivity contribution in [3.05, 3.63) is 28.5 Å². The van der Waals surface area contributed by atoms with E-state index in [0.29, 0.717) is 17.5 Å². The number of hydrogen-bond donors (Lipinski definition) is 0. The van der Waals surface area contributed by atoms with E-state index in [1.54, 1.807) is 12.3 Å². The Hall–Kier alpha value is -0.610. The van der Waals surface area contributed by atoms with Crippen molar-refractivity contribution in [3.63, 3.8) is 0 Å². The van der Waals surface area contributed by atoms with E-state index < -0.39 is 0 Å². The minimum Gasteiger partial charge on any atom is -0.337 e. The molecular formula is C12H14BrClN2O. The monoisotopic (exact) mass is 316 g/mol. The average molecular weight is 318 g/mol. The lowest BCUT2D eigenvalue weighted by Crippen LogP contribution is -2.39. The molecule has 1 aliphatic rings. The lowest BCUT2D eigenvalue weighted by atomic mass is 9.99. The molecule has 0 unspecified atom stereocenters. The topological polar surface area (TPSA) is 33.2 Å². The number of rotatable bonds is 2. The number of hydrogen-bond acceptors (Lipinski definition) is 2. The van der Waals surface area contributed by atoms with Crippen LogP contribution in [0.5, 0.6) is 0 Å². The van der Waals surface area contributed by atoms with Gasteiger partial charge in [-0.1, -0.05) is 0 Å². The number of amides is 1. The van der Waals surface area contributed by atoms with Crippen molar-refractivity contribution >= 4 is 33.4 Å². The van der Waals surface area contributed by atoms with Gasteiger partial charge in [0.25, 0.3) is 5.91 Å². The molecule has 1 saturated heterocycles.